The van der Waals surface area contributed by atoms with E-state index >= 15 is 0 Å². The molecular formula is C15H20O5S. The molecule has 0 atom stereocenters. The van der Waals surface area contributed by atoms with Crippen LogP contribution in [-0.4, -0.2) is 36.0 Å². The van der Waals surface area contributed by atoms with Crippen LogP contribution in [0.1, 0.15) is 31.2 Å². The quantitative estimate of drug-likeness (QED) is 0.884. The number of hydrogen-bond acceptors (Lipinski definition) is 4. The van der Waals surface area contributed by atoms with Crippen LogP contribution < -0.4 is 0 Å². The van der Waals surface area contributed by atoms with Crippen LogP contribution in [0.5, 0.6) is 0 Å². The third kappa shape index (κ3) is 3.83. The molecule has 1 saturated carbocycles. The number of aliphatic carboxylic acids is 1. The molecule has 1 aliphatic carbocycles. The van der Waals surface area contributed by atoms with Crippen molar-refractivity contribution < 1.29 is 23.4 Å². The van der Waals surface area contributed by atoms with Gasteiger partial charge in [-0.1, -0.05) is 12.1 Å². The summed E-state index contributed by atoms with van der Waals surface area (Å²) >= 11 is 0. The lowest BCUT2D eigenvalue weighted by Gasteiger charge is -2.34. The number of hydrogen-bond donors (Lipinski definition) is 2. The Morgan fingerprint density at radius 1 is 1.33 bits per heavy atom. The van der Waals surface area contributed by atoms with Gasteiger partial charge in [-0.15, -0.1) is 0 Å². The van der Waals surface area contributed by atoms with Crippen LogP contribution in [0.2, 0.25) is 0 Å². The maximum absolute atomic E-state index is 12.4. The second kappa shape index (κ2) is 5.77. The average molecular weight is 312 g/mol. The third-order valence-corrected chi connectivity index (χ3v) is 5.96. The zero-order chi connectivity index (χ0) is 15.7. The van der Waals surface area contributed by atoms with Crippen molar-refractivity contribution in [3.8, 4) is 0 Å². The van der Waals surface area contributed by atoms with Gasteiger partial charge in [-0.25, -0.2) is 8.42 Å². The predicted molar refractivity (Wildman–Crippen MR) is 77.8 cm³/mol. The fourth-order valence-electron chi connectivity index (χ4n) is 2.79. The van der Waals surface area contributed by atoms with E-state index in [9.17, 15) is 18.3 Å². The van der Waals surface area contributed by atoms with Gasteiger partial charge in [0.1, 0.15) is 0 Å². The Morgan fingerprint density at radius 2 is 1.95 bits per heavy atom. The van der Waals surface area contributed by atoms with Crippen LogP contribution in [0.15, 0.2) is 29.2 Å². The number of carbonyl (C=O) groups is 1. The van der Waals surface area contributed by atoms with Gasteiger partial charge in [0, 0.05) is 0 Å². The Kier molecular flexibility index (Phi) is 4.39. The van der Waals surface area contributed by atoms with E-state index in [0.29, 0.717) is 12.8 Å². The molecule has 5 nitrogen and oxygen atoms in total. The number of aliphatic hydroxyl groups is 1. The maximum Gasteiger partial charge on any atom is 0.306 e. The van der Waals surface area contributed by atoms with Gasteiger partial charge in [-0.05, 0) is 50.3 Å². The Hall–Kier alpha value is -1.40. The van der Waals surface area contributed by atoms with E-state index in [1.165, 1.54) is 6.07 Å². The van der Waals surface area contributed by atoms with Crippen molar-refractivity contribution in [3.63, 3.8) is 0 Å². The molecular weight excluding hydrogens is 292 g/mol. The number of sulfone groups is 1. The molecule has 0 aliphatic heterocycles. The molecule has 6 heteroatoms. The number of carboxylic acid groups (broad SMARTS) is 1. The van der Waals surface area contributed by atoms with Gasteiger partial charge >= 0.3 is 5.97 Å². The number of carboxylic acids is 1. The molecule has 0 amide bonds. The Morgan fingerprint density at radius 3 is 2.48 bits per heavy atom. The van der Waals surface area contributed by atoms with Crippen LogP contribution in [0.4, 0.5) is 0 Å². The van der Waals surface area contributed by atoms with E-state index < -0.39 is 27.3 Å². The summed E-state index contributed by atoms with van der Waals surface area (Å²) in [5, 5.41) is 19.4. The van der Waals surface area contributed by atoms with Crippen molar-refractivity contribution in [2.24, 2.45) is 5.92 Å². The smallest absolute Gasteiger partial charge is 0.306 e. The largest absolute Gasteiger partial charge is 0.481 e. The molecule has 21 heavy (non-hydrogen) atoms. The van der Waals surface area contributed by atoms with Crippen LogP contribution in [0.3, 0.4) is 0 Å². The zero-order valence-electron chi connectivity index (χ0n) is 11.9. The Bertz CT molecular complexity index is 627. The summed E-state index contributed by atoms with van der Waals surface area (Å²) in [5.74, 6) is -1.71. The lowest BCUT2D eigenvalue weighted by atomic mass is 9.80. The zero-order valence-corrected chi connectivity index (χ0v) is 12.8. The highest BCUT2D eigenvalue weighted by atomic mass is 32.2. The highest BCUT2D eigenvalue weighted by molar-refractivity contribution is 7.91. The monoisotopic (exact) mass is 312 g/mol. The summed E-state index contributed by atoms with van der Waals surface area (Å²) in [6.07, 6.45) is 1.04. The van der Waals surface area contributed by atoms with Crippen LogP contribution in [0, 0.1) is 12.8 Å². The van der Waals surface area contributed by atoms with Crippen molar-refractivity contribution in [3.05, 3.63) is 29.8 Å². The van der Waals surface area contributed by atoms with Crippen molar-refractivity contribution in [1.29, 1.82) is 0 Å². The van der Waals surface area contributed by atoms with Crippen LogP contribution >= 0.6 is 0 Å². The van der Waals surface area contributed by atoms with E-state index in [4.69, 9.17) is 5.11 Å². The van der Waals surface area contributed by atoms with Gasteiger partial charge in [-0.2, -0.15) is 0 Å². The Labute approximate surface area is 124 Å². The van der Waals surface area contributed by atoms with Crippen molar-refractivity contribution in [2.45, 2.75) is 43.1 Å². The molecule has 1 aromatic carbocycles. The lowest BCUT2D eigenvalue weighted by Crippen LogP contribution is -2.42. The fourth-order valence-corrected chi connectivity index (χ4v) is 4.61. The van der Waals surface area contributed by atoms with Crippen molar-refractivity contribution in [2.75, 3.05) is 5.75 Å². The van der Waals surface area contributed by atoms with Gasteiger partial charge in [0.2, 0.25) is 0 Å². The molecule has 1 fully saturated rings. The molecule has 1 aliphatic rings. The molecule has 0 bridgehead atoms. The van der Waals surface area contributed by atoms with E-state index in [0.717, 1.165) is 5.56 Å². The van der Waals surface area contributed by atoms with Gasteiger partial charge in [-0.3, -0.25) is 4.79 Å². The number of aryl methyl sites for hydroxylation is 1. The molecule has 0 spiro atoms. The SMILES string of the molecule is Cc1cccc(S(=O)(=O)CC2(O)CCC(C(=O)O)CC2)c1. The summed E-state index contributed by atoms with van der Waals surface area (Å²) < 4.78 is 24.8. The standard InChI is InChI=1S/C15H20O5S/c1-11-3-2-4-13(9-11)21(19,20)10-15(18)7-5-12(6-8-15)14(16)17/h2-4,9,12,18H,5-8,10H2,1H3,(H,16,17). The first-order valence-electron chi connectivity index (χ1n) is 6.96. The predicted octanol–water partition coefficient (Wildman–Crippen LogP) is 1.77. The summed E-state index contributed by atoms with van der Waals surface area (Å²) in [4.78, 5) is 11.1. The van der Waals surface area contributed by atoms with E-state index in [1.54, 1.807) is 12.1 Å². The second-order valence-electron chi connectivity index (χ2n) is 5.91. The normalized spacial score (nSPS) is 26.5. The average Bonchev–Trinajstić information content (AvgIpc) is 2.38. The molecule has 116 valence electrons. The molecule has 2 rings (SSSR count). The van der Waals surface area contributed by atoms with E-state index in [2.05, 4.69) is 0 Å². The van der Waals surface area contributed by atoms with Gasteiger partial charge < -0.3 is 10.2 Å². The van der Waals surface area contributed by atoms with Crippen molar-refractivity contribution in [1.82, 2.24) is 0 Å². The van der Waals surface area contributed by atoms with Gasteiger partial charge in [0.25, 0.3) is 0 Å². The molecule has 0 aromatic heterocycles. The second-order valence-corrected chi connectivity index (χ2v) is 7.90. The maximum atomic E-state index is 12.4. The van der Waals surface area contributed by atoms with E-state index in [-0.39, 0.29) is 23.5 Å². The Balaban J connectivity index is 2.12. The highest BCUT2D eigenvalue weighted by Crippen LogP contribution is 2.34. The number of rotatable bonds is 4. The fraction of sp³-hybridized carbons (Fsp3) is 0.533. The van der Waals surface area contributed by atoms with Crippen LogP contribution in [0.25, 0.3) is 0 Å². The third-order valence-electron chi connectivity index (χ3n) is 4.07. The molecule has 2 N–H and O–H groups in total. The molecule has 0 saturated heterocycles. The lowest BCUT2D eigenvalue weighted by molar-refractivity contribution is -0.144. The minimum absolute atomic E-state index is 0.203. The molecule has 0 unspecified atom stereocenters. The van der Waals surface area contributed by atoms with Gasteiger partial charge in [0.15, 0.2) is 9.84 Å². The minimum Gasteiger partial charge on any atom is -0.481 e. The minimum atomic E-state index is -3.58. The van der Waals surface area contributed by atoms with E-state index in [1.807, 2.05) is 13.0 Å². The first-order chi connectivity index (χ1) is 9.72. The first-order valence-corrected chi connectivity index (χ1v) is 8.62. The van der Waals surface area contributed by atoms with Crippen LogP contribution in [-0.2, 0) is 14.6 Å². The molecule has 0 heterocycles. The first kappa shape index (κ1) is 16.0. The molecule has 0 radical (unpaired) electrons. The number of benzene rings is 1. The summed E-state index contributed by atoms with van der Waals surface area (Å²) in [7, 11) is -3.58. The highest BCUT2D eigenvalue weighted by Gasteiger charge is 2.39. The van der Waals surface area contributed by atoms with Crippen molar-refractivity contribution >= 4 is 15.8 Å². The van der Waals surface area contributed by atoms with Gasteiger partial charge in [0.05, 0.1) is 22.2 Å². The summed E-state index contributed by atoms with van der Waals surface area (Å²) in [6, 6.07) is 6.59. The topological polar surface area (TPSA) is 91.7 Å². The summed E-state index contributed by atoms with van der Waals surface area (Å²) in [6.45, 7) is 1.81. The molecule has 1 aromatic rings. The summed E-state index contributed by atoms with van der Waals surface area (Å²) in [5.41, 5.74) is -0.480.